The minimum Gasteiger partial charge on any atom is -0.356 e. The lowest BCUT2D eigenvalue weighted by atomic mass is 10.2. The Kier molecular flexibility index (Phi) is 2.32. The third-order valence-corrected chi connectivity index (χ3v) is 2.36. The SMILES string of the molecule is N#Cc1cc(F)cnc1N1CCCC1. The van der Waals surface area contributed by atoms with Crippen LogP contribution in [0.3, 0.4) is 0 Å². The molecule has 72 valence electrons. The maximum absolute atomic E-state index is 12.8. The molecule has 2 rings (SSSR count). The molecule has 2 heterocycles. The summed E-state index contributed by atoms with van der Waals surface area (Å²) in [6.07, 6.45) is 3.39. The second-order valence-electron chi connectivity index (χ2n) is 3.33. The quantitative estimate of drug-likeness (QED) is 0.678. The first kappa shape index (κ1) is 8.95. The number of halogens is 1. The molecule has 4 heteroatoms. The summed E-state index contributed by atoms with van der Waals surface area (Å²) in [6, 6.07) is 3.21. The fourth-order valence-electron chi connectivity index (χ4n) is 1.70. The lowest BCUT2D eigenvalue weighted by Crippen LogP contribution is -2.20. The smallest absolute Gasteiger partial charge is 0.146 e. The predicted octanol–water partition coefficient (Wildman–Crippen LogP) is 1.69. The van der Waals surface area contributed by atoms with Gasteiger partial charge in [-0.15, -0.1) is 0 Å². The maximum atomic E-state index is 12.8. The molecule has 0 saturated carbocycles. The van der Waals surface area contributed by atoms with Crippen molar-refractivity contribution in [2.45, 2.75) is 12.8 Å². The molecule has 0 atom stereocenters. The van der Waals surface area contributed by atoms with E-state index in [9.17, 15) is 4.39 Å². The fourth-order valence-corrected chi connectivity index (χ4v) is 1.70. The van der Waals surface area contributed by atoms with Crippen molar-refractivity contribution in [3.63, 3.8) is 0 Å². The van der Waals surface area contributed by atoms with Crippen LogP contribution >= 0.6 is 0 Å². The lowest BCUT2D eigenvalue weighted by molar-refractivity contribution is 0.620. The van der Waals surface area contributed by atoms with Crippen LogP contribution in [0.1, 0.15) is 18.4 Å². The summed E-state index contributed by atoms with van der Waals surface area (Å²) in [5.41, 5.74) is 0.326. The van der Waals surface area contributed by atoms with E-state index >= 15 is 0 Å². The number of hydrogen-bond donors (Lipinski definition) is 0. The number of nitrogens with zero attached hydrogens (tertiary/aromatic N) is 3. The van der Waals surface area contributed by atoms with Crippen LogP contribution in [0.2, 0.25) is 0 Å². The van der Waals surface area contributed by atoms with Gasteiger partial charge in [-0.2, -0.15) is 5.26 Å². The molecule has 0 spiro atoms. The highest BCUT2D eigenvalue weighted by molar-refractivity contribution is 5.54. The third kappa shape index (κ3) is 1.53. The molecule has 0 N–H and O–H groups in total. The molecule has 0 amide bonds. The monoisotopic (exact) mass is 191 g/mol. The Bertz CT molecular complexity index is 377. The van der Waals surface area contributed by atoms with Gasteiger partial charge in [-0.3, -0.25) is 0 Å². The highest BCUT2D eigenvalue weighted by Crippen LogP contribution is 2.21. The van der Waals surface area contributed by atoms with Crippen LogP contribution in [0, 0.1) is 17.1 Å². The van der Waals surface area contributed by atoms with Gasteiger partial charge in [-0.1, -0.05) is 0 Å². The van der Waals surface area contributed by atoms with Gasteiger partial charge in [0, 0.05) is 13.1 Å². The zero-order valence-electron chi connectivity index (χ0n) is 7.70. The summed E-state index contributed by atoms with van der Waals surface area (Å²) in [6.45, 7) is 1.82. The van der Waals surface area contributed by atoms with E-state index in [2.05, 4.69) is 4.98 Å². The molecule has 0 aromatic carbocycles. The van der Waals surface area contributed by atoms with Crippen LogP contribution in [0.4, 0.5) is 10.2 Å². The summed E-state index contributed by atoms with van der Waals surface area (Å²) >= 11 is 0. The molecule has 1 aromatic rings. The van der Waals surface area contributed by atoms with E-state index in [1.807, 2.05) is 11.0 Å². The predicted molar refractivity (Wildman–Crippen MR) is 50.4 cm³/mol. The first-order valence-electron chi connectivity index (χ1n) is 4.62. The van der Waals surface area contributed by atoms with E-state index in [0.717, 1.165) is 32.1 Å². The molecular formula is C10H10FN3. The number of nitriles is 1. The largest absolute Gasteiger partial charge is 0.356 e. The molecule has 0 bridgehead atoms. The highest BCUT2D eigenvalue weighted by atomic mass is 19.1. The summed E-state index contributed by atoms with van der Waals surface area (Å²) in [5.74, 6) is 0.163. The molecule has 1 saturated heterocycles. The summed E-state index contributed by atoms with van der Waals surface area (Å²) in [5, 5.41) is 8.82. The second kappa shape index (κ2) is 3.62. The minimum atomic E-state index is -0.454. The molecule has 0 radical (unpaired) electrons. The van der Waals surface area contributed by atoms with Crippen molar-refractivity contribution in [1.82, 2.24) is 4.98 Å². The van der Waals surface area contributed by atoms with Gasteiger partial charge in [0.2, 0.25) is 0 Å². The number of aromatic nitrogens is 1. The van der Waals surface area contributed by atoms with Gasteiger partial charge in [0.05, 0.1) is 11.8 Å². The average molecular weight is 191 g/mol. The fraction of sp³-hybridized carbons (Fsp3) is 0.400. The van der Waals surface area contributed by atoms with Crippen LogP contribution in [0.15, 0.2) is 12.3 Å². The van der Waals surface area contributed by atoms with E-state index in [0.29, 0.717) is 11.4 Å². The lowest BCUT2D eigenvalue weighted by Gasteiger charge is -2.16. The maximum Gasteiger partial charge on any atom is 0.146 e. The van der Waals surface area contributed by atoms with Crippen molar-refractivity contribution in [1.29, 1.82) is 5.26 Å². The Labute approximate surface area is 81.8 Å². The van der Waals surface area contributed by atoms with Crippen molar-refractivity contribution < 1.29 is 4.39 Å². The topological polar surface area (TPSA) is 39.9 Å². The molecular weight excluding hydrogens is 181 g/mol. The first-order chi connectivity index (χ1) is 6.81. The van der Waals surface area contributed by atoms with Gasteiger partial charge >= 0.3 is 0 Å². The Morgan fingerprint density at radius 2 is 2.14 bits per heavy atom. The zero-order chi connectivity index (χ0) is 9.97. The van der Waals surface area contributed by atoms with Gasteiger partial charge in [-0.25, -0.2) is 9.37 Å². The van der Waals surface area contributed by atoms with Crippen molar-refractivity contribution >= 4 is 5.82 Å². The van der Waals surface area contributed by atoms with Crippen LogP contribution in [0.25, 0.3) is 0 Å². The van der Waals surface area contributed by atoms with Gasteiger partial charge in [0.1, 0.15) is 17.7 Å². The Hall–Kier alpha value is -1.63. The molecule has 0 aliphatic carbocycles. The van der Waals surface area contributed by atoms with Crippen molar-refractivity contribution in [3.8, 4) is 6.07 Å². The highest BCUT2D eigenvalue weighted by Gasteiger charge is 2.17. The van der Waals surface area contributed by atoms with E-state index in [1.54, 1.807) is 0 Å². The van der Waals surface area contributed by atoms with E-state index in [4.69, 9.17) is 5.26 Å². The normalized spacial score (nSPS) is 15.6. The van der Waals surface area contributed by atoms with Crippen LogP contribution < -0.4 is 4.90 Å². The standard InChI is InChI=1S/C10H10FN3/c11-9-5-8(6-12)10(13-7-9)14-3-1-2-4-14/h5,7H,1-4H2. The van der Waals surface area contributed by atoms with Crippen molar-refractivity contribution in [2.24, 2.45) is 0 Å². The van der Waals surface area contributed by atoms with E-state index < -0.39 is 5.82 Å². The van der Waals surface area contributed by atoms with Crippen molar-refractivity contribution in [2.75, 3.05) is 18.0 Å². The Morgan fingerprint density at radius 1 is 1.43 bits per heavy atom. The average Bonchev–Trinajstić information content (AvgIpc) is 2.70. The second-order valence-corrected chi connectivity index (χ2v) is 3.33. The first-order valence-corrected chi connectivity index (χ1v) is 4.62. The number of rotatable bonds is 1. The zero-order valence-corrected chi connectivity index (χ0v) is 7.70. The van der Waals surface area contributed by atoms with Crippen LogP contribution in [-0.2, 0) is 0 Å². The van der Waals surface area contributed by atoms with Gasteiger partial charge < -0.3 is 4.90 Å². The molecule has 1 fully saturated rings. The van der Waals surface area contributed by atoms with Gasteiger partial charge in [-0.05, 0) is 18.9 Å². The molecule has 14 heavy (non-hydrogen) atoms. The molecule has 1 aromatic heterocycles. The van der Waals surface area contributed by atoms with Crippen molar-refractivity contribution in [3.05, 3.63) is 23.6 Å². The van der Waals surface area contributed by atoms with Gasteiger partial charge in [0.25, 0.3) is 0 Å². The minimum absolute atomic E-state index is 0.326. The van der Waals surface area contributed by atoms with E-state index in [1.165, 1.54) is 6.07 Å². The summed E-state index contributed by atoms with van der Waals surface area (Å²) < 4.78 is 12.8. The van der Waals surface area contributed by atoms with Gasteiger partial charge in [0.15, 0.2) is 0 Å². The Balaban J connectivity index is 2.37. The van der Waals surface area contributed by atoms with E-state index in [-0.39, 0.29) is 0 Å². The molecule has 3 nitrogen and oxygen atoms in total. The number of hydrogen-bond acceptors (Lipinski definition) is 3. The number of anilines is 1. The number of pyridine rings is 1. The van der Waals surface area contributed by atoms with Crippen LogP contribution in [0.5, 0.6) is 0 Å². The molecule has 1 aliphatic rings. The molecule has 1 aliphatic heterocycles. The summed E-state index contributed by atoms with van der Waals surface area (Å²) in [7, 11) is 0. The van der Waals surface area contributed by atoms with Crippen LogP contribution in [-0.4, -0.2) is 18.1 Å². The summed E-state index contributed by atoms with van der Waals surface area (Å²) in [4.78, 5) is 5.99. The third-order valence-electron chi connectivity index (χ3n) is 2.36. The Morgan fingerprint density at radius 3 is 2.79 bits per heavy atom. The molecule has 0 unspecified atom stereocenters.